The lowest BCUT2D eigenvalue weighted by Gasteiger charge is -2.22. The Kier molecular flexibility index (Phi) is 5.78. The van der Waals surface area contributed by atoms with Gasteiger partial charge in [-0.1, -0.05) is 25.1 Å². The number of para-hydroxylation sites is 1. The van der Waals surface area contributed by atoms with E-state index in [-0.39, 0.29) is 17.9 Å². The lowest BCUT2D eigenvalue weighted by Crippen LogP contribution is -2.46. The van der Waals surface area contributed by atoms with Crippen LogP contribution in [0, 0.1) is 0 Å². The molecule has 1 aromatic carbocycles. The van der Waals surface area contributed by atoms with Crippen LogP contribution in [-0.4, -0.2) is 47.5 Å². The summed E-state index contributed by atoms with van der Waals surface area (Å²) in [5.74, 6) is -0.307. The normalized spacial score (nSPS) is 13.8. The monoisotopic (exact) mass is 353 g/mol. The van der Waals surface area contributed by atoms with Crippen LogP contribution in [0.3, 0.4) is 0 Å². The standard InChI is InChI=1S/C19H23N5O2/c1-2-15(11-21-19(26)16-7-9-20-13-22-16)23-18(25)12-24-10-8-14-5-3-4-6-17(14)24/h3-7,9,13,15H,2,8,10-12H2,1H3,(H,21,26)(H,23,25). The molecule has 1 unspecified atom stereocenters. The van der Waals surface area contributed by atoms with Gasteiger partial charge in [-0.15, -0.1) is 0 Å². The van der Waals surface area contributed by atoms with Gasteiger partial charge in [0.25, 0.3) is 5.91 Å². The van der Waals surface area contributed by atoms with Crippen LogP contribution in [0.5, 0.6) is 0 Å². The molecule has 0 saturated carbocycles. The Morgan fingerprint density at radius 1 is 1.27 bits per heavy atom. The molecule has 0 radical (unpaired) electrons. The Labute approximate surface area is 152 Å². The van der Waals surface area contributed by atoms with Gasteiger partial charge < -0.3 is 15.5 Å². The van der Waals surface area contributed by atoms with Crippen molar-refractivity contribution in [2.24, 2.45) is 0 Å². The SMILES string of the molecule is CCC(CNC(=O)c1ccncn1)NC(=O)CN1CCc2ccccc21. The minimum absolute atomic E-state index is 0.0372. The van der Waals surface area contributed by atoms with Crippen molar-refractivity contribution < 1.29 is 9.59 Å². The first-order valence-corrected chi connectivity index (χ1v) is 8.83. The van der Waals surface area contributed by atoms with Gasteiger partial charge in [-0.25, -0.2) is 9.97 Å². The number of amides is 2. The van der Waals surface area contributed by atoms with Crippen molar-refractivity contribution in [3.63, 3.8) is 0 Å². The maximum Gasteiger partial charge on any atom is 0.270 e. The molecule has 0 aliphatic carbocycles. The predicted octanol–water partition coefficient (Wildman–Crippen LogP) is 1.16. The molecule has 26 heavy (non-hydrogen) atoms. The molecule has 2 N–H and O–H groups in total. The third kappa shape index (κ3) is 4.36. The van der Waals surface area contributed by atoms with E-state index in [1.807, 2.05) is 19.1 Å². The van der Waals surface area contributed by atoms with Gasteiger partial charge in [-0.2, -0.15) is 0 Å². The fourth-order valence-electron chi connectivity index (χ4n) is 3.05. The van der Waals surface area contributed by atoms with E-state index in [9.17, 15) is 9.59 Å². The average Bonchev–Trinajstić information content (AvgIpc) is 3.08. The summed E-state index contributed by atoms with van der Waals surface area (Å²) >= 11 is 0. The molecule has 136 valence electrons. The number of rotatable bonds is 7. The predicted molar refractivity (Wildman–Crippen MR) is 98.9 cm³/mol. The minimum atomic E-state index is -0.270. The highest BCUT2D eigenvalue weighted by atomic mass is 16.2. The number of carbonyl (C=O) groups excluding carboxylic acids is 2. The van der Waals surface area contributed by atoms with Gasteiger partial charge in [0.2, 0.25) is 5.91 Å². The fraction of sp³-hybridized carbons (Fsp3) is 0.368. The van der Waals surface area contributed by atoms with Crippen LogP contribution < -0.4 is 15.5 Å². The molecular weight excluding hydrogens is 330 g/mol. The summed E-state index contributed by atoms with van der Waals surface area (Å²) in [5.41, 5.74) is 2.73. The van der Waals surface area contributed by atoms with E-state index >= 15 is 0 Å². The van der Waals surface area contributed by atoms with Gasteiger partial charge in [-0.3, -0.25) is 9.59 Å². The molecule has 0 spiro atoms. The van der Waals surface area contributed by atoms with Gasteiger partial charge in [-0.05, 0) is 30.5 Å². The molecule has 1 aromatic heterocycles. The Balaban J connectivity index is 1.49. The summed E-state index contributed by atoms with van der Waals surface area (Å²) in [6.45, 7) is 3.52. The van der Waals surface area contributed by atoms with Gasteiger partial charge in [0, 0.05) is 31.0 Å². The maximum absolute atomic E-state index is 12.4. The molecule has 0 fully saturated rings. The first-order valence-electron chi connectivity index (χ1n) is 8.83. The van der Waals surface area contributed by atoms with Gasteiger partial charge >= 0.3 is 0 Å². The van der Waals surface area contributed by atoms with Gasteiger partial charge in [0.15, 0.2) is 0 Å². The third-order valence-corrected chi connectivity index (χ3v) is 4.50. The summed E-state index contributed by atoms with van der Waals surface area (Å²) < 4.78 is 0. The number of anilines is 1. The molecule has 1 aliphatic heterocycles. The molecule has 1 atom stereocenters. The molecule has 1 aliphatic rings. The van der Waals surface area contributed by atoms with E-state index in [0.29, 0.717) is 18.8 Å². The minimum Gasteiger partial charge on any atom is -0.362 e. The topological polar surface area (TPSA) is 87.2 Å². The van der Waals surface area contributed by atoms with E-state index in [1.165, 1.54) is 18.1 Å². The largest absolute Gasteiger partial charge is 0.362 e. The molecule has 2 amide bonds. The van der Waals surface area contributed by atoms with E-state index < -0.39 is 0 Å². The maximum atomic E-state index is 12.4. The molecular formula is C19H23N5O2. The van der Waals surface area contributed by atoms with E-state index in [2.05, 4.69) is 37.6 Å². The summed E-state index contributed by atoms with van der Waals surface area (Å²) in [7, 11) is 0. The zero-order valence-corrected chi connectivity index (χ0v) is 14.8. The average molecular weight is 353 g/mol. The highest BCUT2D eigenvalue weighted by Crippen LogP contribution is 2.26. The summed E-state index contributed by atoms with van der Waals surface area (Å²) in [6, 6.07) is 9.60. The quantitative estimate of drug-likeness (QED) is 0.780. The lowest BCUT2D eigenvalue weighted by atomic mass is 10.2. The summed E-state index contributed by atoms with van der Waals surface area (Å²) in [6.07, 6.45) is 4.55. The van der Waals surface area contributed by atoms with Crippen LogP contribution >= 0.6 is 0 Å². The lowest BCUT2D eigenvalue weighted by molar-refractivity contribution is -0.120. The van der Waals surface area contributed by atoms with E-state index in [0.717, 1.165) is 25.1 Å². The zero-order chi connectivity index (χ0) is 18.4. The highest BCUT2D eigenvalue weighted by molar-refractivity contribution is 5.92. The second-order valence-electron chi connectivity index (χ2n) is 6.28. The van der Waals surface area contributed by atoms with Gasteiger partial charge in [0.1, 0.15) is 12.0 Å². The number of aromatic nitrogens is 2. The summed E-state index contributed by atoms with van der Waals surface area (Å²) in [4.78, 5) is 34.3. The Hall–Kier alpha value is -2.96. The van der Waals surface area contributed by atoms with Crippen molar-refractivity contribution >= 4 is 17.5 Å². The molecule has 0 saturated heterocycles. The highest BCUT2D eigenvalue weighted by Gasteiger charge is 2.21. The third-order valence-electron chi connectivity index (χ3n) is 4.50. The van der Waals surface area contributed by atoms with Crippen LogP contribution in [-0.2, 0) is 11.2 Å². The zero-order valence-electron chi connectivity index (χ0n) is 14.8. The Morgan fingerprint density at radius 2 is 2.12 bits per heavy atom. The van der Waals surface area contributed by atoms with Crippen molar-refractivity contribution in [1.82, 2.24) is 20.6 Å². The first-order chi connectivity index (χ1) is 12.7. The van der Waals surface area contributed by atoms with E-state index in [1.54, 1.807) is 6.07 Å². The van der Waals surface area contributed by atoms with Crippen molar-refractivity contribution in [1.29, 1.82) is 0 Å². The summed E-state index contributed by atoms with van der Waals surface area (Å²) in [5, 5.41) is 5.81. The number of nitrogens with one attached hydrogen (secondary N) is 2. The van der Waals surface area contributed by atoms with Crippen LogP contribution in [0.4, 0.5) is 5.69 Å². The van der Waals surface area contributed by atoms with Gasteiger partial charge in [0.05, 0.1) is 6.54 Å². The van der Waals surface area contributed by atoms with Crippen molar-refractivity contribution in [3.05, 3.63) is 54.1 Å². The molecule has 0 bridgehead atoms. The van der Waals surface area contributed by atoms with Crippen molar-refractivity contribution in [2.75, 3.05) is 24.5 Å². The Bertz CT molecular complexity index is 766. The smallest absolute Gasteiger partial charge is 0.270 e. The molecule has 3 rings (SSSR count). The number of hydrogen-bond donors (Lipinski definition) is 2. The molecule has 2 aromatic rings. The van der Waals surface area contributed by atoms with E-state index in [4.69, 9.17) is 0 Å². The van der Waals surface area contributed by atoms with Crippen LogP contribution in [0.15, 0.2) is 42.9 Å². The van der Waals surface area contributed by atoms with Crippen molar-refractivity contribution in [3.8, 4) is 0 Å². The second kappa shape index (κ2) is 8.42. The molecule has 7 heteroatoms. The fourth-order valence-corrected chi connectivity index (χ4v) is 3.05. The Morgan fingerprint density at radius 3 is 2.88 bits per heavy atom. The molecule has 7 nitrogen and oxygen atoms in total. The second-order valence-corrected chi connectivity index (χ2v) is 6.28. The van der Waals surface area contributed by atoms with Crippen molar-refractivity contribution in [2.45, 2.75) is 25.8 Å². The van der Waals surface area contributed by atoms with Crippen LogP contribution in [0.2, 0.25) is 0 Å². The number of nitrogens with zero attached hydrogens (tertiary/aromatic N) is 3. The number of hydrogen-bond acceptors (Lipinski definition) is 5. The van der Waals surface area contributed by atoms with Crippen LogP contribution in [0.25, 0.3) is 0 Å². The first kappa shape index (κ1) is 17.8. The number of fused-ring (bicyclic) bond motifs is 1. The number of carbonyl (C=O) groups is 2. The van der Waals surface area contributed by atoms with Crippen LogP contribution in [0.1, 0.15) is 29.4 Å². The number of benzene rings is 1. The molecule has 2 heterocycles.